The highest BCUT2D eigenvalue weighted by molar-refractivity contribution is 7.11. The lowest BCUT2D eigenvalue weighted by atomic mass is 10.00. The van der Waals surface area contributed by atoms with Crippen LogP contribution in [0, 0.1) is 0 Å². The number of fused-ring (bicyclic) bond motifs is 1. The smallest absolute Gasteiger partial charge is 0.0301 e. The van der Waals surface area contributed by atoms with E-state index in [1.54, 1.807) is 0 Å². The second-order valence-electron chi connectivity index (χ2n) is 2.80. The summed E-state index contributed by atoms with van der Waals surface area (Å²) in [7, 11) is 0. The maximum Gasteiger partial charge on any atom is 0.0301 e. The van der Waals surface area contributed by atoms with Gasteiger partial charge in [0, 0.05) is 4.88 Å². The van der Waals surface area contributed by atoms with E-state index < -0.39 is 0 Å². The van der Waals surface area contributed by atoms with Crippen LogP contribution in [0.5, 0.6) is 0 Å². The van der Waals surface area contributed by atoms with E-state index in [1.807, 2.05) is 11.3 Å². The number of thiophene rings is 1. The monoisotopic (exact) mass is 150 g/mol. The molecule has 1 heterocycles. The summed E-state index contributed by atoms with van der Waals surface area (Å²) in [4.78, 5) is 1.48. The van der Waals surface area contributed by atoms with Gasteiger partial charge in [0.1, 0.15) is 0 Å². The van der Waals surface area contributed by atoms with E-state index in [9.17, 15) is 0 Å². The Kier molecular flexibility index (Phi) is 1.38. The first-order valence-corrected chi connectivity index (χ1v) is 4.48. The second kappa shape index (κ2) is 2.24. The molecule has 10 heavy (non-hydrogen) atoms. The van der Waals surface area contributed by atoms with Crippen molar-refractivity contribution in [2.75, 3.05) is 0 Å². The third-order valence-electron chi connectivity index (χ3n) is 1.95. The van der Waals surface area contributed by atoms with Crippen LogP contribution in [0.25, 0.3) is 6.08 Å². The van der Waals surface area contributed by atoms with Gasteiger partial charge in [-0.15, -0.1) is 11.3 Å². The zero-order chi connectivity index (χ0) is 6.97. The molecule has 1 aromatic rings. The minimum atomic E-state index is 1.25. The van der Waals surface area contributed by atoms with Gasteiger partial charge < -0.3 is 0 Å². The Hall–Kier alpha value is -0.560. The summed E-state index contributed by atoms with van der Waals surface area (Å²) in [6.45, 7) is 2.21. The van der Waals surface area contributed by atoms with Crippen LogP contribution in [0.1, 0.15) is 23.8 Å². The third kappa shape index (κ3) is 0.907. The molecule has 0 atom stereocenters. The highest BCUT2D eigenvalue weighted by atomic mass is 32.1. The van der Waals surface area contributed by atoms with Gasteiger partial charge in [0.2, 0.25) is 0 Å². The van der Waals surface area contributed by atoms with Gasteiger partial charge in [0.25, 0.3) is 0 Å². The Labute approximate surface area is 65.2 Å². The van der Waals surface area contributed by atoms with E-state index in [1.165, 1.54) is 28.9 Å². The molecule has 1 heteroatoms. The molecule has 0 aromatic carbocycles. The van der Waals surface area contributed by atoms with Crippen molar-refractivity contribution in [1.29, 1.82) is 0 Å². The minimum absolute atomic E-state index is 1.25. The number of hydrogen-bond acceptors (Lipinski definition) is 1. The quantitative estimate of drug-likeness (QED) is 0.533. The number of aryl methyl sites for hydroxylation is 1. The van der Waals surface area contributed by atoms with Crippen LogP contribution in [0.4, 0.5) is 0 Å². The van der Waals surface area contributed by atoms with Crippen molar-refractivity contribution in [2.45, 2.75) is 19.8 Å². The van der Waals surface area contributed by atoms with Gasteiger partial charge in [-0.3, -0.25) is 0 Å². The van der Waals surface area contributed by atoms with Gasteiger partial charge in [-0.05, 0) is 42.9 Å². The van der Waals surface area contributed by atoms with Crippen LogP contribution in [0.2, 0.25) is 0 Å². The maximum absolute atomic E-state index is 2.31. The molecule has 0 radical (unpaired) electrons. The van der Waals surface area contributed by atoms with Crippen LogP contribution in [-0.2, 0) is 6.42 Å². The average Bonchev–Trinajstić information content (AvgIpc) is 2.33. The zero-order valence-corrected chi connectivity index (χ0v) is 6.87. The largest absolute Gasteiger partial charge is 0.144 e. The highest BCUT2D eigenvalue weighted by Crippen LogP contribution is 2.27. The molecule has 0 fully saturated rings. The van der Waals surface area contributed by atoms with Gasteiger partial charge in [0.15, 0.2) is 0 Å². The molecule has 0 N–H and O–H groups in total. The molecular weight excluding hydrogens is 140 g/mol. The topological polar surface area (TPSA) is 0 Å². The van der Waals surface area contributed by atoms with Gasteiger partial charge in [0.05, 0.1) is 0 Å². The predicted molar refractivity (Wildman–Crippen MR) is 46.3 cm³/mol. The first kappa shape index (κ1) is 6.17. The molecule has 2 rings (SSSR count). The van der Waals surface area contributed by atoms with Gasteiger partial charge in [-0.1, -0.05) is 5.57 Å². The molecule has 0 nitrogen and oxygen atoms in total. The molecule has 1 aromatic heterocycles. The van der Waals surface area contributed by atoms with Crippen molar-refractivity contribution in [3.8, 4) is 0 Å². The van der Waals surface area contributed by atoms with Crippen LogP contribution in [0.15, 0.2) is 17.0 Å². The van der Waals surface area contributed by atoms with E-state index in [4.69, 9.17) is 0 Å². The average molecular weight is 150 g/mol. The van der Waals surface area contributed by atoms with E-state index in [0.29, 0.717) is 0 Å². The van der Waals surface area contributed by atoms with Crippen LogP contribution in [0.3, 0.4) is 0 Å². The summed E-state index contributed by atoms with van der Waals surface area (Å²) >= 11 is 1.85. The van der Waals surface area contributed by atoms with Gasteiger partial charge >= 0.3 is 0 Å². The molecule has 0 aliphatic heterocycles. The maximum atomic E-state index is 2.31. The predicted octanol–water partition coefficient (Wildman–Crippen LogP) is 3.10. The summed E-state index contributed by atoms with van der Waals surface area (Å²) in [5.41, 5.74) is 3.06. The van der Waals surface area contributed by atoms with E-state index in [2.05, 4.69) is 24.4 Å². The Morgan fingerprint density at radius 1 is 1.40 bits per heavy atom. The van der Waals surface area contributed by atoms with Crippen molar-refractivity contribution in [3.63, 3.8) is 0 Å². The summed E-state index contributed by atoms with van der Waals surface area (Å²) in [5, 5.41) is 2.18. The molecule has 1 aliphatic carbocycles. The van der Waals surface area contributed by atoms with Crippen LogP contribution in [-0.4, -0.2) is 0 Å². The third-order valence-corrected chi connectivity index (χ3v) is 2.85. The molecule has 1 aliphatic rings. The van der Waals surface area contributed by atoms with Crippen LogP contribution < -0.4 is 0 Å². The van der Waals surface area contributed by atoms with E-state index in [-0.39, 0.29) is 0 Å². The van der Waals surface area contributed by atoms with Crippen molar-refractivity contribution in [2.24, 2.45) is 0 Å². The molecule has 0 saturated heterocycles. The summed E-state index contributed by atoms with van der Waals surface area (Å²) < 4.78 is 0. The lowest BCUT2D eigenvalue weighted by Gasteiger charge is -2.07. The molecule has 0 bridgehead atoms. The normalized spacial score (nSPS) is 16.3. The molecule has 0 unspecified atom stereocenters. The first-order valence-electron chi connectivity index (χ1n) is 3.60. The van der Waals surface area contributed by atoms with Crippen LogP contribution >= 0.6 is 11.3 Å². The fraction of sp³-hybridized carbons (Fsp3) is 0.333. The van der Waals surface area contributed by atoms with Crippen molar-refractivity contribution >= 4 is 17.4 Å². The highest BCUT2D eigenvalue weighted by Gasteiger charge is 2.07. The summed E-state index contributed by atoms with van der Waals surface area (Å²) in [5.74, 6) is 0. The lowest BCUT2D eigenvalue weighted by molar-refractivity contribution is 0.936. The number of rotatable bonds is 0. The molecule has 0 spiro atoms. The van der Waals surface area contributed by atoms with Crippen molar-refractivity contribution in [1.82, 2.24) is 0 Å². The van der Waals surface area contributed by atoms with E-state index >= 15 is 0 Å². The van der Waals surface area contributed by atoms with Crippen molar-refractivity contribution < 1.29 is 0 Å². The Morgan fingerprint density at radius 2 is 2.30 bits per heavy atom. The standard InChI is InChI=1S/C9H10S/c1-7-2-3-8-4-5-10-9(8)6-7/h4-6H,2-3H2,1H3. The summed E-state index contributed by atoms with van der Waals surface area (Å²) in [6, 6.07) is 2.24. The Morgan fingerprint density at radius 3 is 3.20 bits per heavy atom. The SMILES string of the molecule is CC1=Cc2sccc2CC1. The number of allylic oxidation sites excluding steroid dienone is 1. The zero-order valence-electron chi connectivity index (χ0n) is 6.05. The molecule has 52 valence electrons. The first-order chi connectivity index (χ1) is 4.86. The van der Waals surface area contributed by atoms with Gasteiger partial charge in [-0.2, -0.15) is 0 Å². The Balaban J connectivity index is 2.50. The van der Waals surface area contributed by atoms with E-state index in [0.717, 1.165) is 0 Å². The fourth-order valence-electron chi connectivity index (χ4n) is 1.31. The molecule has 0 amide bonds. The summed E-state index contributed by atoms with van der Waals surface area (Å²) in [6.07, 6.45) is 4.81. The fourth-order valence-corrected chi connectivity index (χ4v) is 2.28. The Bertz CT molecular complexity index is 268. The minimum Gasteiger partial charge on any atom is -0.144 e. The second-order valence-corrected chi connectivity index (χ2v) is 3.75. The number of hydrogen-bond donors (Lipinski definition) is 0. The van der Waals surface area contributed by atoms with Gasteiger partial charge in [-0.25, -0.2) is 0 Å². The lowest BCUT2D eigenvalue weighted by Crippen LogP contribution is -1.91. The van der Waals surface area contributed by atoms with Crippen molar-refractivity contribution in [3.05, 3.63) is 27.5 Å². The molecular formula is C9H10S. The molecule has 0 saturated carbocycles.